The number of halogens is 1. The van der Waals surface area contributed by atoms with Gasteiger partial charge in [0, 0.05) is 24.0 Å². The topological polar surface area (TPSA) is 46.6 Å². The number of amides is 1. The molecule has 0 aromatic heterocycles. The van der Waals surface area contributed by atoms with E-state index in [2.05, 4.69) is 0 Å². The number of carbonyl (C=O) groups is 2. The fourth-order valence-electron chi connectivity index (χ4n) is 2.65. The van der Waals surface area contributed by atoms with Crippen molar-refractivity contribution in [3.63, 3.8) is 0 Å². The molecule has 2 aliphatic rings. The molecule has 0 bridgehead atoms. The number of hydrogen-bond donors (Lipinski definition) is 0. The van der Waals surface area contributed by atoms with Crippen molar-refractivity contribution in [2.75, 3.05) is 13.1 Å². The van der Waals surface area contributed by atoms with Crippen LogP contribution in [0.25, 0.3) is 0 Å². The fraction of sp³-hybridized carbons (Fsp3) is 0.500. The van der Waals surface area contributed by atoms with Crippen molar-refractivity contribution in [1.82, 2.24) is 4.90 Å². The Balaban J connectivity index is 1.51. The lowest BCUT2D eigenvalue weighted by Crippen LogP contribution is -2.41. The normalized spacial score (nSPS) is 19.4. The Hall–Kier alpha value is -1.55. The molecular weight excluding hydrogens is 290 g/mol. The van der Waals surface area contributed by atoms with Crippen molar-refractivity contribution in [1.29, 1.82) is 0 Å². The van der Waals surface area contributed by atoms with Crippen molar-refractivity contribution in [2.45, 2.75) is 25.7 Å². The van der Waals surface area contributed by atoms with Gasteiger partial charge in [0.2, 0.25) is 5.91 Å². The van der Waals surface area contributed by atoms with Crippen LogP contribution in [0.1, 0.15) is 25.7 Å². The summed E-state index contributed by atoms with van der Waals surface area (Å²) in [6.45, 7) is 1.31. The van der Waals surface area contributed by atoms with E-state index in [0.29, 0.717) is 36.7 Å². The molecule has 21 heavy (non-hydrogen) atoms. The van der Waals surface area contributed by atoms with Crippen LogP contribution in [-0.4, -0.2) is 29.9 Å². The predicted octanol–water partition coefficient (Wildman–Crippen LogP) is 2.89. The van der Waals surface area contributed by atoms with E-state index in [1.54, 1.807) is 24.3 Å². The van der Waals surface area contributed by atoms with Gasteiger partial charge in [0.1, 0.15) is 5.75 Å². The summed E-state index contributed by atoms with van der Waals surface area (Å²) < 4.78 is 5.36. The van der Waals surface area contributed by atoms with Gasteiger partial charge in [-0.15, -0.1) is 0 Å². The first-order valence-corrected chi connectivity index (χ1v) is 7.77. The quantitative estimate of drug-likeness (QED) is 0.637. The third-order valence-electron chi connectivity index (χ3n) is 4.08. The standard InChI is InChI=1S/C16H18ClNO3/c17-13-2-1-3-14(10-13)21-16(20)12-6-8-18(9-7-12)15(19)11-4-5-11/h1-3,10-12H,4-9H2. The van der Waals surface area contributed by atoms with Gasteiger partial charge in [-0.25, -0.2) is 0 Å². The molecule has 1 heterocycles. The minimum atomic E-state index is -0.226. The molecule has 2 fully saturated rings. The number of rotatable bonds is 3. The van der Waals surface area contributed by atoms with E-state index < -0.39 is 0 Å². The summed E-state index contributed by atoms with van der Waals surface area (Å²) in [5.41, 5.74) is 0. The number of ether oxygens (including phenoxy) is 1. The molecule has 1 aromatic rings. The number of piperidine rings is 1. The van der Waals surface area contributed by atoms with Gasteiger partial charge in [-0.2, -0.15) is 0 Å². The van der Waals surface area contributed by atoms with Crippen LogP contribution >= 0.6 is 11.6 Å². The van der Waals surface area contributed by atoms with Crippen LogP contribution in [0.3, 0.4) is 0 Å². The Labute approximate surface area is 129 Å². The number of nitrogens with zero attached hydrogens (tertiary/aromatic N) is 1. The van der Waals surface area contributed by atoms with E-state index in [-0.39, 0.29) is 23.7 Å². The SMILES string of the molecule is O=C(Oc1cccc(Cl)c1)C1CCN(C(=O)C2CC2)CC1. The first kappa shape index (κ1) is 14.4. The van der Waals surface area contributed by atoms with Crippen molar-refractivity contribution in [3.05, 3.63) is 29.3 Å². The van der Waals surface area contributed by atoms with Crippen LogP contribution in [0.4, 0.5) is 0 Å². The van der Waals surface area contributed by atoms with Crippen LogP contribution in [0, 0.1) is 11.8 Å². The first-order chi connectivity index (χ1) is 10.1. The van der Waals surface area contributed by atoms with Gasteiger partial charge in [0.15, 0.2) is 0 Å². The molecule has 0 radical (unpaired) electrons. The third kappa shape index (κ3) is 3.56. The maximum Gasteiger partial charge on any atom is 0.314 e. The molecule has 3 rings (SSSR count). The maximum atomic E-state index is 12.1. The van der Waals surface area contributed by atoms with E-state index >= 15 is 0 Å². The van der Waals surface area contributed by atoms with Crippen LogP contribution in [0.5, 0.6) is 5.75 Å². The summed E-state index contributed by atoms with van der Waals surface area (Å²) >= 11 is 5.87. The van der Waals surface area contributed by atoms with Crippen LogP contribution in [0.2, 0.25) is 5.02 Å². The Morgan fingerprint density at radius 3 is 2.43 bits per heavy atom. The zero-order valence-corrected chi connectivity index (χ0v) is 12.5. The largest absolute Gasteiger partial charge is 0.426 e. The number of benzene rings is 1. The van der Waals surface area contributed by atoms with Gasteiger partial charge in [0.25, 0.3) is 0 Å². The lowest BCUT2D eigenvalue weighted by atomic mass is 9.96. The van der Waals surface area contributed by atoms with E-state index in [4.69, 9.17) is 16.3 Å². The molecular formula is C16H18ClNO3. The van der Waals surface area contributed by atoms with Crippen LogP contribution in [-0.2, 0) is 9.59 Å². The zero-order valence-electron chi connectivity index (χ0n) is 11.8. The minimum Gasteiger partial charge on any atom is -0.426 e. The number of carbonyl (C=O) groups excluding carboxylic acids is 2. The monoisotopic (exact) mass is 307 g/mol. The van der Waals surface area contributed by atoms with Gasteiger partial charge in [-0.1, -0.05) is 17.7 Å². The minimum absolute atomic E-state index is 0.132. The molecule has 1 saturated carbocycles. The van der Waals surface area contributed by atoms with E-state index in [9.17, 15) is 9.59 Å². The molecule has 1 aliphatic carbocycles. The lowest BCUT2D eigenvalue weighted by Gasteiger charge is -2.31. The molecule has 112 valence electrons. The van der Waals surface area contributed by atoms with Crippen molar-refractivity contribution in [3.8, 4) is 5.75 Å². The zero-order chi connectivity index (χ0) is 14.8. The summed E-state index contributed by atoms with van der Waals surface area (Å²) in [6, 6.07) is 6.84. The summed E-state index contributed by atoms with van der Waals surface area (Å²) in [7, 11) is 0. The Morgan fingerprint density at radius 2 is 1.81 bits per heavy atom. The highest BCUT2D eigenvalue weighted by Gasteiger charge is 2.36. The summed E-state index contributed by atoms with van der Waals surface area (Å²) in [5.74, 6) is 0.628. The molecule has 1 aliphatic heterocycles. The molecule has 5 heteroatoms. The van der Waals surface area contributed by atoms with Gasteiger partial charge in [-0.3, -0.25) is 9.59 Å². The van der Waals surface area contributed by atoms with E-state index in [0.717, 1.165) is 12.8 Å². The lowest BCUT2D eigenvalue weighted by molar-refractivity contribution is -0.143. The molecule has 0 spiro atoms. The molecule has 0 unspecified atom stereocenters. The second-order valence-corrected chi connectivity index (χ2v) is 6.19. The van der Waals surface area contributed by atoms with Gasteiger partial charge in [-0.05, 0) is 43.9 Å². The summed E-state index contributed by atoms with van der Waals surface area (Å²) in [5, 5.41) is 0.546. The molecule has 0 N–H and O–H groups in total. The number of likely N-dealkylation sites (tertiary alicyclic amines) is 1. The molecule has 0 atom stereocenters. The van der Waals surface area contributed by atoms with Gasteiger partial charge in [0.05, 0.1) is 5.92 Å². The summed E-state index contributed by atoms with van der Waals surface area (Å²) in [4.78, 5) is 26.0. The third-order valence-corrected chi connectivity index (χ3v) is 4.32. The van der Waals surface area contributed by atoms with Gasteiger partial charge >= 0.3 is 5.97 Å². The van der Waals surface area contributed by atoms with Crippen molar-refractivity contribution in [2.24, 2.45) is 11.8 Å². The summed E-state index contributed by atoms with van der Waals surface area (Å²) in [6.07, 6.45) is 3.40. The number of hydrogen-bond acceptors (Lipinski definition) is 3. The Morgan fingerprint density at radius 1 is 1.10 bits per heavy atom. The molecule has 1 aromatic carbocycles. The molecule has 4 nitrogen and oxygen atoms in total. The molecule has 1 saturated heterocycles. The Bertz CT molecular complexity index is 548. The second kappa shape index (κ2) is 6.06. The average molecular weight is 308 g/mol. The highest BCUT2D eigenvalue weighted by molar-refractivity contribution is 6.30. The van der Waals surface area contributed by atoms with Crippen LogP contribution in [0.15, 0.2) is 24.3 Å². The Kier molecular flexibility index (Phi) is 4.15. The average Bonchev–Trinajstić information content (AvgIpc) is 3.31. The maximum absolute atomic E-state index is 12.1. The number of esters is 1. The van der Waals surface area contributed by atoms with Crippen molar-refractivity contribution >= 4 is 23.5 Å². The highest BCUT2D eigenvalue weighted by Crippen LogP contribution is 2.32. The second-order valence-electron chi connectivity index (χ2n) is 5.75. The van der Waals surface area contributed by atoms with E-state index in [1.165, 1.54) is 0 Å². The van der Waals surface area contributed by atoms with Crippen molar-refractivity contribution < 1.29 is 14.3 Å². The van der Waals surface area contributed by atoms with Crippen LogP contribution < -0.4 is 4.74 Å². The molecule has 1 amide bonds. The fourth-order valence-corrected chi connectivity index (χ4v) is 2.83. The van der Waals surface area contributed by atoms with E-state index in [1.807, 2.05) is 4.90 Å². The predicted molar refractivity (Wildman–Crippen MR) is 79.1 cm³/mol. The first-order valence-electron chi connectivity index (χ1n) is 7.39. The smallest absolute Gasteiger partial charge is 0.314 e. The van der Waals surface area contributed by atoms with Gasteiger partial charge < -0.3 is 9.64 Å². The highest BCUT2D eigenvalue weighted by atomic mass is 35.5.